The second-order valence-electron chi connectivity index (χ2n) is 13.2. The van der Waals surface area contributed by atoms with Gasteiger partial charge in [-0.1, -0.05) is 153 Å². The minimum atomic E-state index is -0.0155. The first kappa shape index (κ1) is 28.3. The van der Waals surface area contributed by atoms with Gasteiger partial charge >= 0.3 is 0 Å². The van der Waals surface area contributed by atoms with Gasteiger partial charge in [0.05, 0.1) is 6.04 Å². The third-order valence-corrected chi connectivity index (χ3v) is 10.2. The number of nitrogens with zero attached hydrogens (tertiary/aromatic N) is 1. The van der Waals surface area contributed by atoms with Crippen LogP contribution in [0.4, 0.5) is 5.69 Å². The summed E-state index contributed by atoms with van der Waals surface area (Å²) in [4.78, 5) is 2.64. The first-order valence-corrected chi connectivity index (χ1v) is 16.6. The lowest BCUT2D eigenvalue weighted by Gasteiger charge is -2.39. The second-order valence-corrected chi connectivity index (χ2v) is 13.2. The minimum absolute atomic E-state index is 0.0155. The molecule has 3 aliphatic rings. The molecule has 46 heavy (non-hydrogen) atoms. The minimum Gasteiger partial charge on any atom is -0.338 e. The monoisotopic (exact) mass is 593 g/mol. The van der Waals surface area contributed by atoms with E-state index in [1.54, 1.807) is 0 Å². The van der Waals surface area contributed by atoms with Gasteiger partial charge in [0.2, 0.25) is 0 Å². The Morgan fingerprint density at radius 2 is 1.15 bits per heavy atom. The van der Waals surface area contributed by atoms with Gasteiger partial charge in [-0.25, -0.2) is 0 Å². The number of fused-ring (bicyclic) bond motifs is 2. The summed E-state index contributed by atoms with van der Waals surface area (Å²) in [6.45, 7) is 4.80. The molecule has 0 bridgehead atoms. The van der Waals surface area contributed by atoms with E-state index >= 15 is 0 Å². The van der Waals surface area contributed by atoms with Crippen LogP contribution in [0.15, 0.2) is 169 Å². The Morgan fingerprint density at radius 1 is 0.565 bits per heavy atom. The molecule has 0 radical (unpaired) electrons. The third kappa shape index (κ3) is 4.97. The van der Waals surface area contributed by atoms with Crippen LogP contribution >= 0.6 is 0 Å². The molecule has 1 heteroatoms. The van der Waals surface area contributed by atoms with Crippen LogP contribution in [0.5, 0.6) is 0 Å². The third-order valence-electron chi connectivity index (χ3n) is 10.2. The number of hydrogen-bond donors (Lipinski definition) is 0. The second kappa shape index (κ2) is 11.7. The highest BCUT2D eigenvalue weighted by molar-refractivity contribution is 5.97. The summed E-state index contributed by atoms with van der Waals surface area (Å²) in [5.41, 5.74) is 16.3. The van der Waals surface area contributed by atoms with E-state index in [0.29, 0.717) is 0 Å². The lowest BCUT2D eigenvalue weighted by Crippen LogP contribution is -2.35. The average molecular weight is 594 g/mol. The SMILES string of the molecule is CC1(C)C2=C(CCC(N(c3ccc(-c4ccccc4)cc3)C3C=CC(c4ccccc4)=C(c4ccccc4)C3)=C2)c2ccccc21. The molecule has 0 fully saturated rings. The van der Waals surface area contributed by atoms with Gasteiger partial charge in [-0.3, -0.25) is 0 Å². The van der Waals surface area contributed by atoms with Gasteiger partial charge in [-0.15, -0.1) is 0 Å². The quantitative estimate of drug-likeness (QED) is 0.189. The molecule has 0 aliphatic heterocycles. The van der Waals surface area contributed by atoms with Crippen molar-refractivity contribution in [3.63, 3.8) is 0 Å². The van der Waals surface area contributed by atoms with Crippen LogP contribution in [0.2, 0.25) is 0 Å². The number of allylic oxidation sites excluding steroid dienone is 6. The lowest BCUT2D eigenvalue weighted by atomic mass is 9.79. The Bertz CT molecular complexity index is 2010. The topological polar surface area (TPSA) is 3.24 Å². The molecule has 0 saturated carbocycles. The molecule has 8 rings (SSSR count). The highest BCUT2D eigenvalue weighted by Gasteiger charge is 2.39. The Hall–Kier alpha value is -5.14. The highest BCUT2D eigenvalue weighted by atomic mass is 15.2. The van der Waals surface area contributed by atoms with Crippen molar-refractivity contribution >= 4 is 22.4 Å². The molecular weight excluding hydrogens is 555 g/mol. The number of anilines is 1. The van der Waals surface area contributed by atoms with Crippen molar-refractivity contribution in [3.8, 4) is 11.1 Å². The fourth-order valence-electron chi connectivity index (χ4n) is 7.87. The summed E-state index contributed by atoms with van der Waals surface area (Å²) < 4.78 is 0. The molecule has 0 amide bonds. The zero-order chi connectivity index (χ0) is 31.1. The van der Waals surface area contributed by atoms with Crippen molar-refractivity contribution in [3.05, 3.63) is 191 Å². The van der Waals surface area contributed by atoms with Crippen molar-refractivity contribution in [2.24, 2.45) is 0 Å². The van der Waals surface area contributed by atoms with Gasteiger partial charge in [0.1, 0.15) is 0 Å². The number of rotatable bonds is 6. The summed E-state index contributed by atoms with van der Waals surface area (Å²) in [5.74, 6) is 0. The normalized spacial score (nSPS) is 18.2. The van der Waals surface area contributed by atoms with Gasteiger partial charge < -0.3 is 4.90 Å². The lowest BCUT2D eigenvalue weighted by molar-refractivity contribution is 0.644. The molecule has 0 aromatic heterocycles. The van der Waals surface area contributed by atoms with Gasteiger partial charge in [0, 0.05) is 16.8 Å². The average Bonchev–Trinajstić information content (AvgIpc) is 3.35. The maximum atomic E-state index is 2.64. The maximum absolute atomic E-state index is 2.64. The van der Waals surface area contributed by atoms with E-state index in [2.05, 4.69) is 177 Å². The summed E-state index contributed by atoms with van der Waals surface area (Å²) in [6.07, 6.45) is 10.4. The van der Waals surface area contributed by atoms with Crippen LogP contribution in [-0.4, -0.2) is 6.04 Å². The molecule has 0 heterocycles. The Kier molecular flexibility index (Phi) is 7.18. The Morgan fingerprint density at radius 3 is 1.85 bits per heavy atom. The molecule has 5 aromatic carbocycles. The standard InChI is InChI=1S/C45H39N/c1-45(2)43-21-13-12-20-40(43)41-29-27-38(31-44(41)45)46(36-24-22-33(23-25-36)32-14-6-3-7-15-32)37-26-28-39(34-16-8-4-9-17-34)42(30-37)35-18-10-5-11-19-35/h3-26,28,31,37H,27,29-30H2,1-2H3. The van der Waals surface area contributed by atoms with Crippen molar-refractivity contribution < 1.29 is 0 Å². The van der Waals surface area contributed by atoms with Crippen LogP contribution in [-0.2, 0) is 5.41 Å². The van der Waals surface area contributed by atoms with Gasteiger partial charge in [-0.05, 0) is 93.1 Å². The summed E-state index contributed by atoms with van der Waals surface area (Å²) in [5, 5.41) is 0. The smallest absolute Gasteiger partial charge is 0.0563 e. The van der Waals surface area contributed by atoms with E-state index in [4.69, 9.17) is 0 Å². The van der Waals surface area contributed by atoms with E-state index in [9.17, 15) is 0 Å². The fraction of sp³-hybridized carbons (Fsp3) is 0.156. The van der Waals surface area contributed by atoms with E-state index in [-0.39, 0.29) is 11.5 Å². The molecule has 1 nitrogen and oxygen atoms in total. The van der Waals surface area contributed by atoms with Crippen molar-refractivity contribution in [2.45, 2.75) is 44.6 Å². The first-order valence-electron chi connectivity index (χ1n) is 16.6. The summed E-state index contributed by atoms with van der Waals surface area (Å²) in [7, 11) is 0. The molecule has 3 aliphatic carbocycles. The molecule has 0 N–H and O–H groups in total. The molecule has 0 spiro atoms. The number of hydrogen-bond acceptors (Lipinski definition) is 1. The Balaban J connectivity index is 1.24. The zero-order valence-electron chi connectivity index (χ0n) is 26.7. The van der Waals surface area contributed by atoms with Crippen LogP contribution < -0.4 is 4.90 Å². The zero-order valence-corrected chi connectivity index (χ0v) is 26.7. The van der Waals surface area contributed by atoms with Crippen molar-refractivity contribution in [1.82, 2.24) is 0 Å². The van der Waals surface area contributed by atoms with Gasteiger partial charge in [0.25, 0.3) is 0 Å². The van der Waals surface area contributed by atoms with E-state index in [1.807, 2.05) is 0 Å². The highest BCUT2D eigenvalue weighted by Crippen LogP contribution is 2.52. The first-order chi connectivity index (χ1) is 22.6. The Labute approximate surface area is 273 Å². The predicted molar refractivity (Wildman–Crippen MR) is 195 cm³/mol. The molecule has 1 unspecified atom stereocenters. The van der Waals surface area contributed by atoms with Crippen molar-refractivity contribution in [1.29, 1.82) is 0 Å². The van der Waals surface area contributed by atoms with Crippen LogP contribution in [0, 0.1) is 0 Å². The van der Waals surface area contributed by atoms with E-state index in [0.717, 1.165) is 19.3 Å². The summed E-state index contributed by atoms with van der Waals surface area (Å²) in [6, 6.07) is 51.0. The van der Waals surface area contributed by atoms with Gasteiger partial charge in [0.15, 0.2) is 0 Å². The van der Waals surface area contributed by atoms with Crippen molar-refractivity contribution in [2.75, 3.05) is 4.90 Å². The van der Waals surface area contributed by atoms with E-state index in [1.165, 1.54) is 67.1 Å². The molecule has 1 atom stereocenters. The molecule has 5 aromatic rings. The van der Waals surface area contributed by atoms with E-state index < -0.39 is 0 Å². The van der Waals surface area contributed by atoms with Crippen LogP contribution in [0.1, 0.15) is 55.4 Å². The van der Waals surface area contributed by atoms with Crippen LogP contribution in [0.3, 0.4) is 0 Å². The molecule has 0 saturated heterocycles. The summed E-state index contributed by atoms with van der Waals surface area (Å²) >= 11 is 0. The largest absolute Gasteiger partial charge is 0.338 e. The number of benzene rings is 5. The predicted octanol–water partition coefficient (Wildman–Crippen LogP) is 11.5. The molecular formula is C45H39N. The fourth-order valence-corrected chi connectivity index (χ4v) is 7.87. The van der Waals surface area contributed by atoms with Crippen LogP contribution in [0.25, 0.3) is 27.8 Å². The van der Waals surface area contributed by atoms with Gasteiger partial charge in [-0.2, -0.15) is 0 Å². The maximum Gasteiger partial charge on any atom is 0.0563 e. The molecule has 224 valence electrons.